The molecule has 6 heteroatoms. The lowest BCUT2D eigenvalue weighted by molar-refractivity contribution is -0.137. The van der Waals surface area contributed by atoms with Gasteiger partial charge in [-0.1, -0.05) is 0 Å². The Morgan fingerprint density at radius 1 is 1.56 bits per heavy atom. The molecule has 16 heavy (non-hydrogen) atoms. The Bertz CT molecular complexity index is 348. The Morgan fingerprint density at radius 3 is 2.88 bits per heavy atom. The van der Waals surface area contributed by atoms with E-state index in [1.54, 1.807) is 19.1 Å². The molecule has 0 aliphatic heterocycles. The average molecular weight is 226 g/mol. The highest BCUT2D eigenvalue weighted by molar-refractivity contribution is 5.75. The van der Waals surface area contributed by atoms with Crippen molar-refractivity contribution < 1.29 is 19.1 Å². The number of hydrogen-bond donors (Lipinski definition) is 3. The van der Waals surface area contributed by atoms with Crippen LogP contribution in [0.4, 0.5) is 4.79 Å². The van der Waals surface area contributed by atoms with Crippen LogP contribution in [0.1, 0.15) is 19.1 Å². The molecule has 2 amide bonds. The molecule has 0 saturated carbocycles. The standard InChI is InChI=1S/C10H14N2O4/c1-7(5-9(13)14)12-10(15)11-6-8-3-2-4-16-8/h2-4,7H,5-6H2,1H3,(H,13,14)(H2,11,12,15). The number of nitrogens with one attached hydrogen (secondary N) is 2. The highest BCUT2D eigenvalue weighted by Crippen LogP contribution is 1.98. The third-order valence-corrected chi connectivity index (χ3v) is 1.86. The predicted molar refractivity (Wildman–Crippen MR) is 55.8 cm³/mol. The first kappa shape index (κ1) is 12.1. The molecular weight excluding hydrogens is 212 g/mol. The van der Waals surface area contributed by atoms with E-state index >= 15 is 0 Å². The van der Waals surface area contributed by atoms with Gasteiger partial charge in [-0.25, -0.2) is 4.79 Å². The number of urea groups is 1. The van der Waals surface area contributed by atoms with E-state index in [-0.39, 0.29) is 13.0 Å². The van der Waals surface area contributed by atoms with Crippen LogP contribution in [0.5, 0.6) is 0 Å². The summed E-state index contributed by atoms with van der Waals surface area (Å²) < 4.78 is 5.02. The normalized spacial score (nSPS) is 11.8. The Balaban J connectivity index is 2.23. The number of carboxylic acids is 1. The summed E-state index contributed by atoms with van der Waals surface area (Å²) >= 11 is 0. The molecule has 0 aliphatic carbocycles. The van der Waals surface area contributed by atoms with Gasteiger partial charge in [0.25, 0.3) is 0 Å². The number of carbonyl (C=O) groups excluding carboxylic acids is 1. The Hall–Kier alpha value is -1.98. The van der Waals surface area contributed by atoms with E-state index in [4.69, 9.17) is 9.52 Å². The van der Waals surface area contributed by atoms with Crippen molar-refractivity contribution in [1.29, 1.82) is 0 Å². The van der Waals surface area contributed by atoms with Crippen molar-refractivity contribution in [2.75, 3.05) is 0 Å². The van der Waals surface area contributed by atoms with Gasteiger partial charge in [0, 0.05) is 6.04 Å². The minimum atomic E-state index is -0.946. The number of furan rings is 1. The van der Waals surface area contributed by atoms with E-state index in [0.717, 1.165) is 0 Å². The number of aliphatic carboxylic acids is 1. The quantitative estimate of drug-likeness (QED) is 0.696. The second-order valence-corrected chi connectivity index (χ2v) is 3.41. The van der Waals surface area contributed by atoms with Crippen LogP contribution in [0.3, 0.4) is 0 Å². The van der Waals surface area contributed by atoms with Crippen LogP contribution < -0.4 is 10.6 Å². The lowest BCUT2D eigenvalue weighted by Crippen LogP contribution is -2.41. The summed E-state index contributed by atoms with van der Waals surface area (Å²) in [5.41, 5.74) is 0. The van der Waals surface area contributed by atoms with Crippen LogP contribution in [0.2, 0.25) is 0 Å². The maximum atomic E-state index is 11.3. The Labute approximate surface area is 92.6 Å². The first-order chi connectivity index (χ1) is 7.58. The fraction of sp³-hybridized carbons (Fsp3) is 0.400. The minimum absolute atomic E-state index is 0.103. The van der Waals surface area contributed by atoms with Crippen molar-refractivity contribution in [1.82, 2.24) is 10.6 Å². The highest BCUT2D eigenvalue weighted by Gasteiger charge is 2.10. The van der Waals surface area contributed by atoms with E-state index < -0.39 is 18.0 Å². The molecule has 3 N–H and O–H groups in total. The van der Waals surface area contributed by atoms with E-state index in [1.807, 2.05) is 0 Å². The van der Waals surface area contributed by atoms with E-state index in [2.05, 4.69) is 10.6 Å². The van der Waals surface area contributed by atoms with Gasteiger partial charge < -0.3 is 20.2 Å². The topological polar surface area (TPSA) is 91.6 Å². The van der Waals surface area contributed by atoms with Gasteiger partial charge in [0.15, 0.2) is 0 Å². The number of carbonyl (C=O) groups is 2. The zero-order valence-electron chi connectivity index (χ0n) is 8.90. The molecular formula is C10H14N2O4. The fourth-order valence-corrected chi connectivity index (χ4v) is 1.17. The summed E-state index contributed by atoms with van der Waals surface area (Å²) in [6, 6.07) is 2.64. The number of hydrogen-bond acceptors (Lipinski definition) is 3. The fourth-order valence-electron chi connectivity index (χ4n) is 1.17. The summed E-state index contributed by atoms with van der Waals surface area (Å²) in [6.45, 7) is 1.90. The third kappa shape index (κ3) is 4.50. The first-order valence-electron chi connectivity index (χ1n) is 4.86. The molecule has 0 radical (unpaired) electrons. The molecule has 1 heterocycles. The summed E-state index contributed by atoms with van der Waals surface area (Å²) in [5, 5.41) is 13.5. The van der Waals surface area contributed by atoms with Gasteiger partial charge in [-0.05, 0) is 19.1 Å². The first-order valence-corrected chi connectivity index (χ1v) is 4.86. The molecule has 1 unspecified atom stereocenters. The van der Waals surface area contributed by atoms with Gasteiger partial charge in [0.05, 0.1) is 19.2 Å². The van der Waals surface area contributed by atoms with E-state index in [1.165, 1.54) is 6.26 Å². The maximum Gasteiger partial charge on any atom is 0.315 e. The second-order valence-electron chi connectivity index (χ2n) is 3.41. The monoisotopic (exact) mass is 226 g/mol. The van der Waals surface area contributed by atoms with Crippen molar-refractivity contribution in [2.24, 2.45) is 0 Å². The molecule has 0 aromatic carbocycles. The molecule has 1 aromatic rings. The number of rotatable bonds is 5. The highest BCUT2D eigenvalue weighted by atomic mass is 16.4. The Morgan fingerprint density at radius 2 is 2.31 bits per heavy atom. The van der Waals surface area contributed by atoms with Gasteiger partial charge in [-0.2, -0.15) is 0 Å². The van der Waals surface area contributed by atoms with Crippen LogP contribution in [-0.4, -0.2) is 23.1 Å². The van der Waals surface area contributed by atoms with Crippen molar-refractivity contribution >= 4 is 12.0 Å². The van der Waals surface area contributed by atoms with Gasteiger partial charge in [-0.3, -0.25) is 4.79 Å². The molecule has 0 spiro atoms. The lowest BCUT2D eigenvalue weighted by atomic mass is 10.2. The molecule has 6 nitrogen and oxygen atoms in total. The number of amides is 2. The summed E-state index contributed by atoms with van der Waals surface area (Å²) in [4.78, 5) is 21.6. The van der Waals surface area contributed by atoms with Crippen LogP contribution in [-0.2, 0) is 11.3 Å². The molecule has 88 valence electrons. The smallest absolute Gasteiger partial charge is 0.315 e. The van der Waals surface area contributed by atoms with Crippen LogP contribution in [0.25, 0.3) is 0 Å². The number of carboxylic acid groups (broad SMARTS) is 1. The van der Waals surface area contributed by atoms with Gasteiger partial charge in [0.2, 0.25) is 0 Å². The van der Waals surface area contributed by atoms with Crippen molar-refractivity contribution in [3.63, 3.8) is 0 Å². The molecule has 0 saturated heterocycles. The molecule has 0 bridgehead atoms. The molecule has 1 aromatic heterocycles. The zero-order valence-corrected chi connectivity index (χ0v) is 8.90. The average Bonchev–Trinajstić information content (AvgIpc) is 2.65. The Kier molecular flexibility index (Phi) is 4.38. The van der Waals surface area contributed by atoms with Gasteiger partial charge in [0.1, 0.15) is 5.76 Å². The second kappa shape index (κ2) is 5.79. The van der Waals surface area contributed by atoms with E-state index in [9.17, 15) is 9.59 Å². The van der Waals surface area contributed by atoms with Crippen LogP contribution in [0.15, 0.2) is 22.8 Å². The molecule has 1 rings (SSSR count). The zero-order chi connectivity index (χ0) is 12.0. The largest absolute Gasteiger partial charge is 0.481 e. The van der Waals surface area contributed by atoms with Crippen molar-refractivity contribution in [3.05, 3.63) is 24.2 Å². The van der Waals surface area contributed by atoms with E-state index in [0.29, 0.717) is 5.76 Å². The van der Waals surface area contributed by atoms with Gasteiger partial charge in [-0.15, -0.1) is 0 Å². The third-order valence-electron chi connectivity index (χ3n) is 1.86. The lowest BCUT2D eigenvalue weighted by Gasteiger charge is -2.11. The van der Waals surface area contributed by atoms with Gasteiger partial charge >= 0.3 is 12.0 Å². The summed E-state index contributed by atoms with van der Waals surface area (Å²) in [7, 11) is 0. The summed E-state index contributed by atoms with van der Waals surface area (Å²) in [5.74, 6) is -0.306. The minimum Gasteiger partial charge on any atom is -0.481 e. The van der Waals surface area contributed by atoms with Crippen molar-refractivity contribution in [3.8, 4) is 0 Å². The predicted octanol–water partition coefficient (Wildman–Crippen LogP) is 0.942. The van der Waals surface area contributed by atoms with Crippen LogP contribution >= 0.6 is 0 Å². The molecule has 0 aliphatic rings. The SMILES string of the molecule is CC(CC(=O)O)NC(=O)NCc1ccco1. The van der Waals surface area contributed by atoms with Crippen LogP contribution in [0, 0.1) is 0 Å². The molecule has 0 fully saturated rings. The molecule has 1 atom stereocenters. The van der Waals surface area contributed by atoms with Crippen molar-refractivity contribution in [2.45, 2.75) is 25.9 Å². The summed E-state index contributed by atoms with van der Waals surface area (Å²) in [6.07, 6.45) is 1.41. The maximum absolute atomic E-state index is 11.3.